The van der Waals surface area contributed by atoms with Crippen LogP contribution in [-0.2, 0) is 17.8 Å². The fraction of sp³-hybridized carbons (Fsp3) is 0.316. The van der Waals surface area contributed by atoms with Crippen molar-refractivity contribution in [1.82, 2.24) is 4.90 Å². The van der Waals surface area contributed by atoms with Crippen LogP contribution in [0.3, 0.4) is 0 Å². The number of rotatable bonds is 4. The van der Waals surface area contributed by atoms with Crippen LogP contribution in [0.25, 0.3) is 0 Å². The van der Waals surface area contributed by atoms with Crippen molar-refractivity contribution in [1.29, 1.82) is 0 Å². The van der Waals surface area contributed by atoms with Crippen molar-refractivity contribution >= 4 is 33.4 Å². The van der Waals surface area contributed by atoms with Crippen LogP contribution in [0.1, 0.15) is 17.5 Å². The van der Waals surface area contributed by atoms with Crippen LogP contribution in [0.4, 0.5) is 0 Å². The third kappa shape index (κ3) is 4.47. The number of halogens is 2. The van der Waals surface area contributed by atoms with Crippen LogP contribution >= 0.6 is 27.5 Å². The maximum absolute atomic E-state index is 12.6. The molecular weight excluding hydrogens is 406 g/mol. The third-order valence-electron chi connectivity index (χ3n) is 4.01. The van der Waals surface area contributed by atoms with Gasteiger partial charge in [0.25, 0.3) is 0 Å². The van der Waals surface area contributed by atoms with E-state index >= 15 is 0 Å². The molecule has 1 amide bonds. The predicted octanol–water partition coefficient (Wildman–Crippen LogP) is 4.46. The lowest BCUT2D eigenvalue weighted by Crippen LogP contribution is -2.27. The summed E-state index contributed by atoms with van der Waals surface area (Å²) in [6.07, 6.45) is 1.07. The summed E-state index contributed by atoms with van der Waals surface area (Å²) in [6.45, 7) is 1.71. The monoisotopic (exact) mass is 423 g/mol. The highest BCUT2D eigenvalue weighted by atomic mass is 79.9. The van der Waals surface area contributed by atoms with E-state index in [0.717, 1.165) is 22.0 Å². The van der Waals surface area contributed by atoms with Crippen LogP contribution in [0, 0.1) is 0 Å². The zero-order valence-electron chi connectivity index (χ0n) is 13.9. The van der Waals surface area contributed by atoms with Gasteiger partial charge in [0, 0.05) is 24.5 Å². The SMILES string of the molecule is CN(Cc1ccccc1Br)C(=O)Cc1cc(Cl)c2c(c1)OCCCO2. The van der Waals surface area contributed by atoms with E-state index in [2.05, 4.69) is 15.9 Å². The van der Waals surface area contributed by atoms with Crippen LogP contribution in [0.5, 0.6) is 11.5 Å². The second kappa shape index (κ2) is 8.11. The minimum Gasteiger partial charge on any atom is -0.489 e. The maximum Gasteiger partial charge on any atom is 0.227 e. The highest BCUT2D eigenvalue weighted by molar-refractivity contribution is 9.10. The van der Waals surface area contributed by atoms with Crippen LogP contribution in [0.2, 0.25) is 5.02 Å². The molecule has 0 fully saturated rings. The Morgan fingerprint density at radius 1 is 1.24 bits per heavy atom. The molecule has 132 valence electrons. The Kier molecular flexibility index (Phi) is 5.86. The van der Waals surface area contributed by atoms with E-state index in [1.165, 1.54) is 0 Å². The maximum atomic E-state index is 12.6. The number of amides is 1. The number of ether oxygens (including phenoxy) is 2. The standard InChI is InChI=1S/C19H19BrClNO3/c1-22(12-14-5-2-3-6-15(14)20)18(23)11-13-9-16(21)19-17(10-13)24-7-4-8-25-19/h2-3,5-6,9-10H,4,7-8,11-12H2,1H3. The van der Waals surface area contributed by atoms with Crippen LogP contribution < -0.4 is 9.47 Å². The molecule has 0 unspecified atom stereocenters. The van der Waals surface area contributed by atoms with Gasteiger partial charge in [-0.05, 0) is 29.3 Å². The second-order valence-corrected chi connectivity index (χ2v) is 7.23. The number of fused-ring (bicyclic) bond motifs is 1. The first kappa shape index (κ1) is 18.1. The summed E-state index contributed by atoms with van der Waals surface area (Å²) in [7, 11) is 1.80. The normalized spacial score (nSPS) is 13.2. The third-order valence-corrected chi connectivity index (χ3v) is 5.06. The average Bonchev–Trinajstić information content (AvgIpc) is 2.82. The summed E-state index contributed by atoms with van der Waals surface area (Å²) in [4.78, 5) is 14.3. The van der Waals surface area contributed by atoms with Gasteiger partial charge in [0.15, 0.2) is 11.5 Å². The molecular formula is C19H19BrClNO3. The van der Waals surface area contributed by atoms with Crippen LogP contribution in [0.15, 0.2) is 40.9 Å². The molecule has 0 atom stereocenters. The number of hydrogen-bond donors (Lipinski definition) is 0. The summed E-state index contributed by atoms with van der Waals surface area (Å²) in [6, 6.07) is 11.5. The van der Waals surface area contributed by atoms with Gasteiger partial charge < -0.3 is 14.4 Å². The van der Waals surface area contributed by atoms with E-state index < -0.39 is 0 Å². The zero-order chi connectivity index (χ0) is 17.8. The van der Waals surface area contributed by atoms with Gasteiger partial charge in [-0.3, -0.25) is 4.79 Å². The molecule has 0 bridgehead atoms. The number of hydrogen-bond acceptors (Lipinski definition) is 3. The zero-order valence-corrected chi connectivity index (χ0v) is 16.3. The summed E-state index contributed by atoms with van der Waals surface area (Å²) in [5.74, 6) is 1.19. The fourth-order valence-electron chi connectivity index (χ4n) is 2.67. The summed E-state index contributed by atoms with van der Waals surface area (Å²) in [5, 5.41) is 0.482. The lowest BCUT2D eigenvalue weighted by Gasteiger charge is -2.19. The van der Waals surface area contributed by atoms with Gasteiger partial charge in [-0.15, -0.1) is 0 Å². The lowest BCUT2D eigenvalue weighted by molar-refractivity contribution is -0.129. The Morgan fingerprint density at radius 2 is 2.00 bits per heavy atom. The summed E-state index contributed by atoms with van der Waals surface area (Å²) in [5.41, 5.74) is 1.88. The molecule has 2 aromatic rings. The molecule has 4 nitrogen and oxygen atoms in total. The van der Waals surface area contributed by atoms with Crippen LogP contribution in [-0.4, -0.2) is 31.1 Å². The van der Waals surface area contributed by atoms with E-state index in [4.69, 9.17) is 21.1 Å². The molecule has 25 heavy (non-hydrogen) atoms. The highest BCUT2D eigenvalue weighted by Crippen LogP contribution is 2.38. The topological polar surface area (TPSA) is 38.8 Å². The van der Waals surface area contributed by atoms with Crippen molar-refractivity contribution in [2.24, 2.45) is 0 Å². The number of carbonyl (C=O) groups is 1. The highest BCUT2D eigenvalue weighted by Gasteiger charge is 2.18. The van der Waals surface area contributed by atoms with Crippen molar-refractivity contribution in [2.75, 3.05) is 20.3 Å². The molecule has 0 saturated carbocycles. The Morgan fingerprint density at radius 3 is 2.80 bits per heavy atom. The van der Waals surface area contributed by atoms with Gasteiger partial charge in [-0.25, -0.2) is 0 Å². The van der Waals surface area contributed by atoms with Crippen molar-refractivity contribution in [3.63, 3.8) is 0 Å². The van der Waals surface area contributed by atoms with Crippen molar-refractivity contribution < 1.29 is 14.3 Å². The molecule has 3 rings (SSSR count). The smallest absolute Gasteiger partial charge is 0.227 e. The first-order valence-electron chi connectivity index (χ1n) is 8.10. The Bertz CT molecular complexity index is 781. The van der Waals surface area contributed by atoms with Crippen molar-refractivity contribution in [3.05, 3.63) is 57.0 Å². The van der Waals surface area contributed by atoms with E-state index in [1.54, 1.807) is 18.0 Å². The lowest BCUT2D eigenvalue weighted by atomic mass is 10.1. The Balaban J connectivity index is 1.71. The molecule has 0 N–H and O–H groups in total. The van der Waals surface area contributed by atoms with E-state index in [9.17, 15) is 4.79 Å². The van der Waals surface area contributed by atoms with E-state index in [0.29, 0.717) is 36.3 Å². The quantitative estimate of drug-likeness (QED) is 0.727. The molecule has 1 heterocycles. The first-order chi connectivity index (χ1) is 12.0. The van der Waals surface area contributed by atoms with E-state index in [-0.39, 0.29) is 12.3 Å². The number of benzene rings is 2. The second-order valence-electron chi connectivity index (χ2n) is 5.97. The number of nitrogens with zero attached hydrogens (tertiary/aromatic N) is 1. The largest absolute Gasteiger partial charge is 0.489 e. The first-order valence-corrected chi connectivity index (χ1v) is 9.27. The predicted molar refractivity (Wildman–Crippen MR) is 101 cm³/mol. The van der Waals surface area contributed by atoms with Gasteiger partial charge in [0.2, 0.25) is 5.91 Å². The van der Waals surface area contributed by atoms with Crippen molar-refractivity contribution in [2.45, 2.75) is 19.4 Å². The Hall–Kier alpha value is -1.72. The van der Waals surface area contributed by atoms with Gasteiger partial charge in [-0.2, -0.15) is 0 Å². The summed E-state index contributed by atoms with van der Waals surface area (Å²) < 4.78 is 12.3. The molecule has 0 spiro atoms. The molecule has 0 radical (unpaired) electrons. The number of carbonyl (C=O) groups excluding carboxylic acids is 1. The molecule has 1 aliphatic rings. The molecule has 0 aliphatic carbocycles. The fourth-order valence-corrected chi connectivity index (χ4v) is 3.36. The van der Waals surface area contributed by atoms with Gasteiger partial charge in [-0.1, -0.05) is 45.7 Å². The minimum atomic E-state index is 0.0151. The van der Waals surface area contributed by atoms with Gasteiger partial charge in [0.05, 0.1) is 24.7 Å². The van der Waals surface area contributed by atoms with E-state index in [1.807, 2.05) is 30.3 Å². The number of likely N-dealkylation sites (N-methyl/N-ethyl adjacent to an activating group) is 1. The van der Waals surface area contributed by atoms with Gasteiger partial charge in [0.1, 0.15) is 0 Å². The summed E-state index contributed by atoms with van der Waals surface area (Å²) >= 11 is 9.81. The average molecular weight is 425 g/mol. The van der Waals surface area contributed by atoms with Crippen molar-refractivity contribution in [3.8, 4) is 11.5 Å². The molecule has 1 aliphatic heterocycles. The molecule has 0 saturated heterocycles. The Labute approximate surface area is 160 Å². The molecule has 0 aromatic heterocycles. The molecule has 6 heteroatoms. The van der Waals surface area contributed by atoms with Gasteiger partial charge >= 0.3 is 0 Å². The molecule has 2 aromatic carbocycles. The minimum absolute atomic E-state index is 0.0151.